The molecule has 1 atom stereocenters. The molecule has 0 aliphatic carbocycles. The lowest BCUT2D eigenvalue weighted by Crippen LogP contribution is -2.12. The van der Waals surface area contributed by atoms with Crippen molar-refractivity contribution < 1.29 is 14.3 Å². The normalized spacial score (nSPS) is 12.0. The number of rotatable bonds is 7. The van der Waals surface area contributed by atoms with Crippen LogP contribution >= 0.6 is 23.4 Å². The first-order valence-corrected chi connectivity index (χ1v) is 8.88. The van der Waals surface area contributed by atoms with Crippen LogP contribution in [0.2, 0.25) is 5.02 Å². The van der Waals surface area contributed by atoms with Gasteiger partial charge in [-0.2, -0.15) is 0 Å². The van der Waals surface area contributed by atoms with Crippen molar-refractivity contribution in [2.24, 2.45) is 0 Å². The summed E-state index contributed by atoms with van der Waals surface area (Å²) in [7, 11) is 1.36. The maximum atomic E-state index is 11.3. The molecule has 0 bridgehead atoms. The summed E-state index contributed by atoms with van der Waals surface area (Å²) >= 11 is 7.47. The fourth-order valence-corrected chi connectivity index (χ4v) is 3.14. The molecule has 0 saturated carbocycles. The third-order valence-corrected chi connectivity index (χ3v) is 4.62. The lowest BCUT2D eigenvalue weighted by Gasteiger charge is -2.16. The molecule has 0 saturated heterocycles. The average Bonchev–Trinajstić information content (AvgIpc) is 2.98. The Morgan fingerprint density at radius 3 is 2.83 bits per heavy atom. The van der Waals surface area contributed by atoms with E-state index in [1.807, 2.05) is 37.5 Å². The number of esters is 1. The molecule has 1 aromatic heterocycles. The number of ether oxygens (including phenoxy) is 2. The van der Waals surface area contributed by atoms with E-state index in [-0.39, 0.29) is 17.8 Å². The largest absolute Gasteiger partial charge is 0.481 e. The van der Waals surface area contributed by atoms with Crippen molar-refractivity contribution in [2.75, 3.05) is 12.9 Å². The van der Waals surface area contributed by atoms with E-state index in [1.54, 1.807) is 6.07 Å². The summed E-state index contributed by atoms with van der Waals surface area (Å²) in [5, 5.41) is 9.57. The summed E-state index contributed by atoms with van der Waals surface area (Å²) in [6.45, 7) is 6.52. The monoisotopic (exact) mass is 369 g/mol. The highest BCUT2D eigenvalue weighted by atomic mass is 35.5. The number of hydrogen-bond acceptors (Lipinski definition) is 6. The molecule has 0 spiro atoms. The van der Waals surface area contributed by atoms with Crippen LogP contribution < -0.4 is 4.74 Å². The molecule has 0 aliphatic heterocycles. The van der Waals surface area contributed by atoms with Crippen LogP contribution in [0.3, 0.4) is 0 Å². The molecule has 0 amide bonds. The van der Waals surface area contributed by atoms with Gasteiger partial charge in [0, 0.05) is 6.54 Å². The smallest absolute Gasteiger partial charge is 0.316 e. The van der Waals surface area contributed by atoms with E-state index in [0.717, 1.165) is 5.56 Å². The molecular weight excluding hydrogens is 350 g/mol. The van der Waals surface area contributed by atoms with Gasteiger partial charge in [0.1, 0.15) is 5.75 Å². The van der Waals surface area contributed by atoms with Crippen LogP contribution in [-0.2, 0) is 16.1 Å². The van der Waals surface area contributed by atoms with E-state index >= 15 is 0 Å². The number of methoxy groups -OCH3 is 1. The van der Waals surface area contributed by atoms with Gasteiger partial charge >= 0.3 is 5.97 Å². The highest BCUT2D eigenvalue weighted by Crippen LogP contribution is 2.30. The van der Waals surface area contributed by atoms with Crippen molar-refractivity contribution in [3.63, 3.8) is 0 Å². The minimum Gasteiger partial charge on any atom is -0.481 e. The standard InChI is InChI=1S/C16H20ClN3O3S/c1-5-20-15(18-19-16(20)24-9-14(21)22-4)11(3)23-13-8-10(2)6-7-12(13)17/h6-8,11H,5,9H2,1-4H3/t11-/m0/s1. The summed E-state index contributed by atoms with van der Waals surface area (Å²) in [4.78, 5) is 11.3. The van der Waals surface area contributed by atoms with Crippen LogP contribution in [0.4, 0.5) is 0 Å². The predicted molar refractivity (Wildman–Crippen MR) is 93.7 cm³/mol. The second kappa shape index (κ2) is 8.39. The van der Waals surface area contributed by atoms with Gasteiger partial charge in [0.2, 0.25) is 0 Å². The summed E-state index contributed by atoms with van der Waals surface area (Å²) in [6, 6.07) is 5.62. The molecule has 6 nitrogen and oxygen atoms in total. The SMILES string of the molecule is CCn1c(SCC(=O)OC)nnc1[C@H](C)Oc1cc(C)ccc1Cl. The first-order chi connectivity index (χ1) is 11.5. The van der Waals surface area contributed by atoms with Gasteiger partial charge in [0.15, 0.2) is 17.1 Å². The number of halogens is 1. The summed E-state index contributed by atoms with van der Waals surface area (Å²) < 4.78 is 12.5. The molecule has 1 aromatic carbocycles. The second-order valence-corrected chi connectivity index (χ2v) is 6.49. The molecule has 2 rings (SSSR count). The van der Waals surface area contributed by atoms with Crippen molar-refractivity contribution in [3.8, 4) is 5.75 Å². The van der Waals surface area contributed by atoms with E-state index in [0.29, 0.717) is 28.3 Å². The molecular formula is C16H20ClN3O3S. The lowest BCUT2D eigenvalue weighted by atomic mass is 10.2. The van der Waals surface area contributed by atoms with Crippen molar-refractivity contribution in [1.29, 1.82) is 0 Å². The van der Waals surface area contributed by atoms with Crippen LogP contribution in [0.25, 0.3) is 0 Å². The number of carbonyl (C=O) groups excluding carboxylic acids is 1. The Morgan fingerprint density at radius 1 is 1.42 bits per heavy atom. The van der Waals surface area contributed by atoms with Gasteiger partial charge in [-0.3, -0.25) is 4.79 Å². The van der Waals surface area contributed by atoms with Crippen LogP contribution in [0.1, 0.15) is 31.3 Å². The zero-order valence-electron chi connectivity index (χ0n) is 14.1. The molecule has 24 heavy (non-hydrogen) atoms. The molecule has 0 aliphatic rings. The summed E-state index contributed by atoms with van der Waals surface area (Å²) in [5.74, 6) is 1.18. The van der Waals surface area contributed by atoms with Gasteiger partial charge in [-0.25, -0.2) is 0 Å². The first kappa shape index (κ1) is 18.6. The zero-order valence-corrected chi connectivity index (χ0v) is 15.6. The van der Waals surface area contributed by atoms with E-state index < -0.39 is 0 Å². The number of aryl methyl sites for hydroxylation is 1. The van der Waals surface area contributed by atoms with Crippen molar-refractivity contribution >= 4 is 29.3 Å². The first-order valence-electron chi connectivity index (χ1n) is 7.51. The number of nitrogens with zero attached hydrogens (tertiary/aromatic N) is 3. The Morgan fingerprint density at radius 2 is 2.17 bits per heavy atom. The molecule has 8 heteroatoms. The third-order valence-electron chi connectivity index (χ3n) is 3.36. The minimum absolute atomic E-state index is 0.188. The fraction of sp³-hybridized carbons (Fsp3) is 0.438. The van der Waals surface area contributed by atoms with Gasteiger partial charge < -0.3 is 14.0 Å². The Labute approximate surface area is 150 Å². The third kappa shape index (κ3) is 4.42. The van der Waals surface area contributed by atoms with Crippen molar-refractivity contribution in [3.05, 3.63) is 34.6 Å². The van der Waals surface area contributed by atoms with Crippen molar-refractivity contribution in [1.82, 2.24) is 14.8 Å². The lowest BCUT2D eigenvalue weighted by molar-refractivity contribution is -0.137. The van der Waals surface area contributed by atoms with Crippen LogP contribution in [-0.4, -0.2) is 33.6 Å². The van der Waals surface area contributed by atoms with Gasteiger partial charge in [-0.1, -0.05) is 29.4 Å². The van der Waals surface area contributed by atoms with Crippen LogP contribution in [0.5, 0.6) is 5.75 Å². The maximum absolute atomic E-state index is 11.3. The average molecular weight is 370 g/mol. The van der Waals surface area contributed by atoms with Crippen LogP contribution in [0.15, 0.2) is 23.4 Å². The highest BCUT2D eigenvalue weighted by Gasteiger charge is 2.20. The summed E-state index contributed by atoms with van der Waals surface area (Å²) in [5.41, 5.74) is 1.06. The highest BCUT2D eigenvalue weighted by molar-refractivity contribution is 7.99. The van der Waals surface area contributed by atoms with E-state index in [1.165, 1.54) is 18.9 Å². The molecule has 2 aromatic rings. The molecule has 1 heterocycles. The van der Waals surface area contributed by atoms with Crippen LogP contribution in [0, 0.1) is 6.92 Å². The van der Waals surface area contributed by atoms with Gasteiger partial charge in [-0.15, -0.1) is 10.2 Å². The minimum atomic E-state index is -0.329. The number of aromatic nitrogens is 3. The molecule has 0 unspecified atom stereocenters. The van der Waals surface area contributed by atoms with Gasteiger partial charge in [0.05, 0.1) is 17.9 Å². The quantitative estimate of drug-likeness (QED) is 0.548. The van der Waals surface area contributed by atoms with Gasteiger partial charge in [0.25, 0.3) is 0 Å². The number of carbonyl (C=O) groups is 1. The summed E-state index contributed by atoms with van der Waals surface area (Å²) in [6.07, 6.45) is -0.329. The zero-order chi connectivity index (χ0) is 17.7. The van der Waals surface area contributed by atoms with E-state index in [2.05, 4.69) is 14.9 Å². The molecule has 0 radical (unpaired) electrons. The molecule has 0 N–H and O–H groups in total. The Kier molecular flexibility index (Phi) is 6.51. The number of hydrogen-bond donors (Lipinski definition) is 0. The topological polar surface area (TPSA) is 66.2 Å². The number of thioether (sulfide) groups is 1. The maximum Gasteiger partial charge on any atom is 0.316 e. The fourth-order valence-electron chi connectivity index (χ4n) is 2.13. The Balaban J connectivity index is 2.17. The van der Waals surface area contributed by atoms with E-state index in [4.69, 9.17) is 16.3 Å². The van der Waals surface area contributed by atoms with Gasteiger partial charge in [-0.05, 0) is 38.5 Å². The predicted octanol–water partition coefficient (Wildman–Crippen LogP) is 3.66. The Hall–Kier alpha value is -1.73. The Bertz CT molecular complexity index is 721. The van der Waals surface area contributed by atoms with Crippen molar-refractivity contribution in [2.45, 2.75) is 38.6 Å². The second-order valence-electron chi connectivity index (χ2n) is 5.14. The van der Waals surface area contributed by atoms with E-state index in [9.17, 15) is 4.79 Å². The molecule has 130 valence electrons. The number of benzene rings is 1. The molecule has 0 fully saturated rings.